The van der Waals surface area contributed by atoms with Crippen molar-refractivity contribution in [2.75, 3.05) is 26.2 Å². The van der Waals surface area contributed by atoms with Gasteiger partial charge in [0.25, 0.3) is 11.1 Å². The van der Waals surface area contributed by atoms with E-state index in [2.05, 4.69) is 0 Å². The Bertz CT molecular complexity index is 1130. The fourth-order valence-electron chi connectivity index (χ4n) is 3.78. The molecular formula is C25H25ClN2O5S. The lowest BCUT2D eigenvalue weighted by Gasteiger charge is -2.18. The van der Waals surface area contributed by atoms with Crippen molar-refractivity contribution in [2.45, 2.75) is 26.4 Å². The molecule has 0 radical (unpaired) electrons. The molecule has 2 aromatic carbocycles. The second-order valence-electron chi connectivity index (χ2n) is 7.91. The Balaban J connectivity index is 1.47. The third kappa shape index (κ3) is 5.74. The number of rotatable bonds is 8. The Kier molecular flexibility index (Phi) is 7.80. The minimum atomic E-state index is -0.457. The highest BCUT2D eigenvalue weighted by Crippen LogP contribution is 2.35. The minimum Gasteiger partial charge on any atom is -0.490 e. The second kappa shape index (κ2) is 11.0. The summed E-state index contributed by atoms with van der Waals surface area (Å²) in [7, 11) is 0. The van der Waals surface area contributed by atoms with Gasteiger partial charge in [-0.2, -0.15) is 0 Å². The van der Waals surface area contributed by atoms with Crippen LogP contribution in [-0.2, 0) is 16.2 Å². The molecule has 0 N–H and O–H groups in total. The molecule has 9 heteroatoms. The van der Waals surface area contributed by atoms with Crippen LogP contribution < -0.4 is 9.47 Å². The fraction of sp³-hybridized carbons (Fsp3) is 0.320. The van der Waals surface area contributed by atoms with E-state index in [0.29, 0.717) is 48.4 Å². The van der Waals surface area contributed by atoms with Crippen LogP contribution in [0.15, 0.2) is 47.4 Å². The van der Waals surface area contributed by atoms with Crippen LogP contribution in [0.5, 0.6) is 11.5 Å². The lowest BCUT2D eigenvalue weighted by Crippen LogP contribution is -2.40. The highest BCUT2D eigenvalue weighted by molar-refractivity contribution is 8.18. The average molecular weight is 501 g/mol. The molecular weight excluding hydrogens is 476 g/mol. The van der Waals surface area contributed by atoms with Crippen molar-refractivity contribution in [1.82, 2.24) is 9.80 Å². The Morgan fingerprint density at radius 3 is 2.62 bits per heavy atom. The summed E-state index contributed by atoms with van der Waals surface area (Å²) in [6.07, 6.45) is 3.54. The van der Waals surface area contributed by atoms with Crippen LogP contribution in [0.4, 0.5) is 4.79 Å². The summed E-state index contributed by atoms with van der Waals surface area (Å²) in [6, 6.07) is 12.7. The number of carbonyl (C=O) groups excluding carboxylic acids is 3. The van der Waals surface area contributed by atoms with Crippen LogP contribution in [0, 0.1) is 0 Å². The fourth-order valence-corrected chi connectivity index (χ4v) is 4.83. The van der Waals surface area contributed by atoms with Crippen LogP contribution in [0.2, 0.25) is 5.02 Å². The topological polar surface area (TPSA) is 76.2 Å². The minimum absolute atomic E-state index is 0.194. The highest BCUT2D eigenvalue weighted by Gasteiger charge is 2.37. The molecule has 0 unspecified atom stereocenters. The molecule has 2 aromatic rings. The molecule has 0 spiro atoms. The molecule has 7 nitrogen and oxygen atoms in total. The van der Waals surface area contributed by atoms with Gasteiger partial charge in [-0.15, -0.1) is 0 Å². The number of benzene rings is 2. The standard InChI is InChI=1S/C25H25ClN2O5S/c1-2-32-21-13-17(8-9-20(21)33-16-18-6-5-7-19(26)12-18)14-22-24(30)28(25(31)34-22)15-23(29)27-10-3-4-11-27/h5-9,12-14H,2-4,10-11,15-16H2,1H3/b22-14-. The number of likely N-dealkylation sites (tertiary alicyclic amines) is 1. The number of thioether (sulfide) groups is 1. The normalized spacial score (nSPS) is 17.1. The zero-order valence-corrected chi connectivity index (χ0v) is 20.4. The molecule has 4 rings (SSSR count). The summed E-state index contributed by atoms with van der Waals surface area (Å²) in [6.45, 7) is 3.77. The van der Waals surface area contributed by atoms with E-state index < -0.39 is 11.1 Å². The summed E-state index contributed by atoms with van der Waals surface area (Å²) in [5.74, 6) is 0.438. The molecule has 0 aromatic heterocycles. The summed E-state index contributed by atoms with van der Waals surface area (Å²) >= 11 is 6.87. The smallest absolute Gasteiger partial charge is 0.294 e. The van der Waals surface area contributed by atoms with Gasteiger partial charge in [-0.1, -0.05) is 29.8 Å². The molecule has 178 valence electrons. The van der Waals surface area contributed by atoms with Gasteiger partial charge < -0.3 is 14.4 Å². The average Bonchev–Trinajstić information content (AvgIpc) is 3.44. The van der Waals surface area contributed by atoms with Crippen LogP contribution in [-0.4, -0.2) is 53.1 Å². The van der Waals surface area contributed by atoms with E-state index in [1.165, 1.54) is 0 Å². The summed E-state index contributed by atoms with van der Waals surface area (Å²) in [5, 5.41) is 0.202. The van der Waals surface area contributed by atoms with Crippen molar-refractivity contribution < 1.29 is 23.9 Å². The van der Waals surface area contributed by atoms with E-state index in [9.17, 15) is 14.4 Å². The second-order valence-corrected chi connectivity index (χ2v) is 9.34. The first kappa shape index (κ1) is 24.2. The van der Waals surface area contributed by atoms with E-state index in [0.717, 1.165) is 35.1 Å². The maximum absolute atomic E-state index is 12.8. The molecule has 2 fully saturated rings. The molecule has 3 amide bonds. The van der Waals surface area contributed by atoms with Crippen molar-refractivity contribution in [1.29, 1.82) is 0 Å². The number of amides is 3. The first-order valence-corrected chi connectivity index (χ1v) is 12.3. The number of halogens is 1. The number of hydrogen-bond acceptors (Lipinski definition) is 6. The van der Waals surface area contributed by atoms with Gasteiger partial charge in [0, 0.05) is 18.1 Å². The van der Waals surface area contributed by atoms with E-state index in [1.807, 2.05) is 25.1 Å². The Hall–Kier alpha value is -2.97. The largest absolute Gasteiger partial charge is 0.490 e. The van der Waals surface area contributed by atoms with Gasteiger partial charge in [0.2, 0.25) is 5.91 Å². The van der Waals surface area contributed by atoms with Gasteiger partial charge in [0.15, 0.2) is 11.5 Å². The van der Waals surface area contributed by atoms with E-state index in [-0.39, 0.29) is 17.4 Å². The summed E-state index contributed by atoms with van der Waals surface area (Å²) in [5.41, 5.74) is 1.62. The van der Waals surface area contributed by atoms with Crippen LogP contribution in [0.25, 0.3) is 6.08 Å². The van der Waals surface area contributed by atoms with Crippen molar-refractivity contribution in [3.05, 3.63) is 63.5 Å². The predicted octanol–water partition coefficient (Wildman–Crippen LogP) is 4.98. The van der Waals surface area contributed by atoms with Gasteiger partial charge in [0.05, 0.1) is 11.5 Å². The maximum Gasteiger partial charge on any atom is 0.294 e. The zero-order chi connectivity index (χ0) is 24.1. The lowest BCUT2D eigenvalue weighted by atomic mass is 10.1. The van der Waals surface area contributed by atoms with Gasteiger partial charge in [-0.3, -0.25) is 19.3 Å². The Labute approximate surface area is 207 Å². The summed E-state index contributed by atoms with van der Waals surface area (Å²) < 4.78 is 11.7. The third-order valence-electron chi connectivity index (χ3n) is 5.47. The Morgan fingerprint density at radius 2 is 1.88 bits per heavy atom. The van der Waals surface area contributed by atoms with E-state index >= 15 is 0 Å². The predicted molar refractivity (Wildman–Crippen MR) is 132 cm³/mol. The number of ether oxygens (including phenoxy) is 2. The molecule has 2 saturated heterocycles. The van der Waals surface area contributed by atoms with Gasteiger partial charge in [0.1, 0.15) is 13.2 Å². The first-order chi connectivity index (χ1) is 16.4. The number of imide groups is 1. The number of hydrogen-bond donors (Lipinski definition) is 0. The van der Waals surface area contributed by atoms with Crippen LogP contribution >= 0.6 is 23.4 Å². The molecule has 0 saturated carbocycles. The molecule has 2 aliphatic heterocycles. The Morgan fingerprint density at radius 1 is 1.09 bits per heavy atom. The van der Waals surface area contributed by atoms with Crippen molar-refractivity contribution in [2.24, 2.45) is 0 Å². The molecule has 2 aliphatic rings. The quantitative estimate of drug-likeness (QED) is 0.476. The summed E-state index contributed by atoms with van der Waals surface area (Å²) in [4.78, 5) is 40.6. The van der Waals surface area contributed by atoms with Crippen molar-refractivity contribution in [3.63, 3.8) is 0 Å². The SMILES string of the molecule is CCOc1cc(/C=C2\SC(=O)N(CC(=O)N3CCCC3)C2=O)ccc1OCc1cccc(Cl)c1. The van der Waals surface area contributed by atoms with Crippen LogP contribution in [0.1, 0.15) is 30.9 Å². The monoisotopic (exact) mass is 500 g/mol. The molecule has 0 aliphatic carbocycles. The highest BCUT2D eigenvalue weighted by atomic mass is 35.5. The van der Waals surface area contributed by atoms with Gasteiger partial charge >= 0.3 is 0 Å². The molecule has 2 heterocycles. The van der Waals surface area contributed by atoms with Crippen molar-refractivity contribution >= 4 is 46.5 Å². The zero-order valence-electron chi connectivity index (χ0n) is 18.8. The van der Waals surface area contributed by atoms with E-state index in [4.69, 9.17) is 21.1 Å². The van der Waals surface area contributed by atoms with Crippen molar-refractivity contribution in [3.8, 4) is 11.5 Å². The number of nitrogens with zero attached hydrogens (tertiary/aromatic N) is 2. The van der Waals surface area contributed by atoms with Gasteiger partial charge in [-0.25, -0.2) is 0 Å². The van der Waals surface area contributed by atoms with Gasteiger partial charge in [-0.05, 0) is 73.0 Å². The molecule has 0 bridgehead atoms. The van der Waals surface area contributed by atoms with Crippen LogP contribution in [0.3, 0.4) is 0 Å². The number of carbonyl (C=O) groups is 3. The van der Waals surface area contributed by atoms with E-state index in [1.54, 1.807) is 35.2 Å². The lowest BCUT2D eigenvalue weighted by molar-refractivity contribution is -0.135. The maximum atomic E-state index is 12.8. The first-order valence-electron chi connectivity index (χ1n) is 11.1. The molecule has 0 atom stereocenters. The molecule has 34 heavy (non-hydrogen) atoms. The third-order valence-corrected chi connectivity index (χ3v) is 6.62.